The Morgan fingerprint density at radius 1 is 0.815 bits per heavy atom. The van der Waals surface area contributed by atoms with Crippen LogP contribution in [0.1, 0.15) is 0 Å². The number of nitrogens with two attached hydrogens (primary N) is 1. The molecule has 0 saturated heterocycles. The fraction of sp³-hybridized carbons (Fsp3) is 0. The first-order valence-electron chi connectivity index (χ1n) is 8.21. The van der Waals surface area contributed by atoms with Gasteiger partial charge in [0.1, 0.15) is 12.1 Å². The maximum atomic E-state index is 12.7. The molecule has 0 saturated carbocycles. The predicted molar refractivity (Wildman–Crippen MR) is 106 cm³/mol. The van der Waals surface area contributed by atoms with Crippen LogP contribution in [0.2, 0.25) is 0 Å². The van der Waals surface area contributed by atoms with Crippen molar-refractivity contribution in [1.82, 2.24) is 9.97 Å². The van der Waals surface area contributed by atoms with Gasteiger partial charge in [0.15, 0.2) is 0 Å². The number of rotatable bonds is 4. The minimum absolute atomic E-state index is 0.232. The maximum Gasteiger partial charge on any atom is 0.206 e. The van der Waals surface area contributed by atoms with Gasteiger partial charge in [0.05, 0.1) is 15.3 Å². The molecule has 0 atom stereocenters. The molecule has 0 bridgehead atoms. The van der Waals surface area contributed by atoms with Crippen molar-refractivity contribution in [2.24, 2.45) is 0 Å². The van der Waals surface area contributed by atoms with Crippen LogP contribution in [0.4, 0.5) is 17.2 Å². The van der Waals surface area contributed by atoms with E-state index >= 15 is 0 Å². The zero-order valence-electron chi connectivity index (χ0n) is 14.2. The van der Waals surface area contributed by atoms with Crippen LogP contribution < -0.4 is 11.1 Å². The van der Waals surface area contributed by atoms with E-state index in [1.807, 2.05) is 6.07 Å². The number of benzene rings is 3. The van der Waals surface area contributed by atoms with Crippen LogP contribution in [-0.2, 0) is 9.84 Å². The SMILES string of the molecule is Nc1ccc2ncnc(Nc3ccc(S(=O)(=O)c4ccccc4)cc3)c2c1. The molecule has 0 aliphatic heterocycles. The van der Waals surface area contributed by atoms with Gasteiger partial charge in [-0.05, 0) is 54.6 Å². The minimum atomic E-state index is -3.54. The molecule has 7 heteroatoms. The molecule has 0 fully saturated rings. The molecule has 0 spiro atoms. The minimum Gasteiger partial charge on any atom is -0.399 e. The van der Waals surface area contributed by atoms with Crippen molar-refractivity contribution in [3.63, 3.8) is 0 Å². The molecule has 1 heterocycles. The molecule has 3 aromatic carbocycles. The summed E-state index contributed by atoms with van der Waals surface area (Å²) >= 11 is 0. The first kappa shape index (κ1) is 17.0. The van der Waals surface area contributed by atoms with Gasteiger partial charge in [0.2, 0.25) is 9.84 Å². The molecule has 6 nitrogen and oxygen atoms in total. The van der Waals surface area contributed by atoms with Crippen LogP contribution in [0.25, 0.3) is 10.9 Å². The smallest absolute Gasteiger partial charge is 0.206 e. The highest BCUT2D eigenvalue weighted by Gasteiger charge is 2.17. The van der Waals surface area contributed by atoms with Crippen molar-refractivity contribution in [1.29, 1.82) is 0 Å². The average Bonchev–Trinajstić information content (AvgIpc) is 2.69. The number of fused-ring (bicyclic) bond motifs is 1. The topological polar surface area (TPSA) is 98.0 Å². The van der Waals surface area contributed by atoms with Crippen molar-refractivity contribution < 1.29 is 8.42 Å². The summed E-state index contributed by atoms with van der Waals surface area (Å²) in [5.74, 6) is 0.603. The maximum absolute atomic E-state index is 12.7. The molecule has 0 unspecified atom stereocenters. The second-order valence-corrected chi connectivity index (χ2v) is 7.91. The third-order valence-electron chi connectivity index (χ3n) is 4.14. The van der Waals surface area contributed by atoms with E-state index in [1.165, 1.54) is 6.33 Å². The number of nitrogens with one attached hydrogen (secondary N) is 1. The fourth-order valence-electron chi connectivity index (χ4n) is 2.76. The van der Waals surface area contributed by atoms with E-state index in [2.05, 4.69) is 15.3 Å². The summed E-state index contributed by atoms with van der Waals surface area (Å²) in [5, 5.41) is 3.98. The number of anilines is 3. The molecule has 134 valence electrons. The average molecular weight is 376 g/mol. The molecule has 4 aromatic rings. The Hall–Kier alpha value is -3.45. The molecule has 0 aliphatic carbocycles. The second kappa shape index (κ2) is 6.69. The quantitative estimate of drug-likeness (QED) is 0.526. The van der Waals surface area contributed by atoms with Crippen LogP contribution >= 0.6 is 0 Å². The zero-order valence-corrected chi connectivity index (χ0v) is 15.0. The summed E-state index contributed by atoms with van der Waals surface area (Å²) in [7, 11) is -3.54. The van der Waals surface area contributed by atoms with E-state index in [-0.39, 0.29) is 9.79 Å². The van der Waals surface area contributed by atoms with Crippen LogP contribution in [-0.4, -0.2) is 18.4 Å². The number of hydrogen-bond donors (Lipinski definition) is 2. The Balaban J connectivity index is 1.65. The van der Waals surface area contributed by atoms with Gasteiger partial charge >= 0.3 is 0 Å². The van der Waals surface area contributed by atoms with Gasteiger partial charge in [-0.1, -0.05) is 18.2 Å². The lowest BCUT2D eigenvalue weighted by Gasteiger charge is -2.10. The van der Waals surface area contributed by atoms with E-state index < -0.39 is 9.84 Å². The van der Waals surface area contributed by atoms with Gasteiger partial charge in [-0.25, -0.2) is 18.4 Å². The van der Waals surface area contributed by atoms with E-state index in [0.29, 0.717) is 17.2 Å². The van der Waals surface area contributed by atoms with E-state index in [0.717, 1.165) is 10.9 Å². The Morgan fingerprint density at radius 3 is 2.26 bits per heavy atom. The first-order chi connectivity index (χ1) is 13.0. The molecule has 27 heavy (non-hydrogen) atoms. The van der Waals surface area contributed by atoms with Crippen LogP contribution in [0.3, 0.4) is 0 Å². The van der Waals surface area contributed by atoms with Crippen LogP contribution in [0.5, 0.6) is 0 Å². The summed E-state index contributed by atoms with van der Waals surface area (Å²) < 4.78 is 25.3. The Kier molecular flexibility index (Phi) is 4.21. The van der Waals surface area contributed by atoms with Crippen LogP contribution in [0, 0.1) is 0 Å². The van der Waals surface area contributed by atoms with Gasteiger partial charge in [-0.3, -0.25) is 0 Å². The number of sulfone groups is 1. The number of nitrogens with zero attached hydrogens (tertiary/aromatic N) is 2. The van der Waals surface area contributed by atoms with Crippen molar-refractivity contribution in [3.05, 3.63) is 79.1 Å². The highest BCUT2D eigenvalue weighted by molar-refractivity contribution is 7.91. The van der Waals surface area contributed by atoms with Gasteiger partial charge in [0, 0.05) is 16.8 Å². The summed E-state index contributed by atoms with van der Waals surface area (Å²) in [6, 6.07) is 20.3. The summed E-state index contributed by atoms with van der Waals surface area (Å²) in [6.07, 6.45) is 1.47. The van der Waals surface area contributed by atoms with E-state index in [4.69, 9.17) is 5.73 Å². The second-order valence-electron chi connectivity index (χ2n) is 5.96. The monoisotopic (exact) mass is 376 g/mol. The van der Waals surface area contributed by atoms with Gasteiger partial charge in [0.25, 0.3) is 0 Å². The molecule has 4 rings (SSSR count). The fourth-order valence-corrected chi connectivity index (χ4v) is 4.05. The largest absolute Gasteiger partial charge is 0.399 e. The highest BCUT2D eigenvalue weighted by Crippen LogP contribution is 2.26. The molecular weight excluding hydrogens is 360 g/mol. The van der Waals surface area contributed by atoms with Crippen molar-refractivity contribution >= 4 is 37.9 Å². The van der Waals surface area contributed by atoms with Gasteiger partial charge in [-0.15, -0.1) is 0 Å². The molecule has 0 radical (unpaired) electrons. The zero-order chi connectivity index (χ0) is 18.9. The lowest BCUT2D eigenvalue weighted by molar-refractivity contribution is 0.596. The summed E-state index contributed by atoms with van der Waals surface area (Å²) in [5.41, 5.74) is 7.96. The Labute approximate surface area is 156 Å². The normalized spacial score (nSPS) is 11.4. The lowest BCUT2D eigenvalue weighted by Crippen LogP contribution is -2.02. The van der Waals surface area contributed by atoms with Crippen LogP contribution in [0.15, 0.2) is 88.9 Å². The number of nitrogen functional groups attached to an aromatic ring is 1. The Bertz CT molecular complexity index is 1210. The lowest BCUT2D eigenvalue weighted by atomic mass is 10.2. The number of hydrogen-bond acceptors (Lipinski definition) is 6. The van der Waals surface area contributed by atoms with E-state index in [9.17, 15) is 8.42 Å². The summed E-state index contributed by atoms with van der Waals surface area (Å²) in [6.45, 7) is 0. The molecule has 0 aliphatic rings. The van der Waals surface area contributed by atoms with Crippen molar-refractivity contribution in [3.8, 4) is 0 Å². The molecule has 0 amide bonds. The van der Waals surface area contributed by atoms with Crippen molar-refractivity contribution in [2.45, 2.75) is 9.79 Å². The van der Waals surface area contributed by atoms with E-state index in [1.54, 1.807) is 66.7 Å². The molecule has 3 N–H and O–H groups in total. The highest BCUT2D eigenvalue weighted by atomic mass is 32.2. The molecule has 1 aromatic heterocycles. The third kappa shape index (κ3) is 3.32. The standard InChI is InChI=1S/C20H16N4O2S/c21-14-6-11-19-18(12-14)20(23-13-22-19)24-15-7-9-17(10-8-15)27(25,26)16-4-2-1-3-5-16/h1-13H,21H2,(H,22,23,24). The van der Waals surface area contributed by atoms with Crippen molar-refractivity contribution in [2.75, 3.05) is 11.1 Å². The predicted octanol–water partition coefficient (Wildman–Crippen LogP) is 3.79. The Morgan fingerprint density at radius 2 is 1.52 bits per heavy atom. The molecular formula is C20H16N4O2S. The van der Waals surface area contributed by atoms with Gasteiger partial charge in [-0.2, -0.15) is 0 Å². The first-order valence-corrected chi connectivity index (χ1v) is 9.70. The summed E-state index contributed by atoms with van der Waals surface area (Å²) in [4.78, 5) is 8.98. The number of aromatic nitrogens is 2. The van der Waals surface area contributed by atoms with Gasteiger partial charge < -0.3 is 11.1 Å². The third-order valence-corrected chi connectivity index (χ3v) is 5.93.